The predicted molar refractivity (Wildman–Crippen MR) is 114 cm³/mol. The molecular weight excluding hydrogens is 410 g/mol. The van der Waals surface area contributed by atoms with E-state index in [2.05, 4.69) is 14.4 Å². The van der Waals surface area contributed by atoms with Crippen LogP contribution in [0.25, 0.3) is 10.9 Å². The average Bonchev–Trinajstić information content (AvgIpc) is 2.67. The van der Waals surface area contributed by atoms with E-state index in [1.165, 1.54) is 30.3 Å². The van der Waals surface area contributed by atoms with E-state index in [1.54, 1.807) is 18.3 Å². The molecular formula is C20H23N3O4S2. The predicted octanol–water partition coefficient (Wildman–Crippen LogP) is 3.42. The van der Waals surface area contributed by atoms with Gasteiger partial charge in [-0.05, 0) is 49.2 Å². The monoisotopic (exact) mass is 433 g/mol. The standard InChI is InChI=1S/C20H23N3O4S2/c1-3-4-11-22-28(24,25)18-9-6-8-17(13-18)23-29(26,27)19-10-5-7-16-12-15(2)14-21-20(16)19/h5-10,12-14,22-23H,3-4,11H2,1-2H3. The van der Waals surface area contributed by atoms with E-state index in [0.29, 0.717) is 17.4 Å². The smallest absolute Gasteiger partial charge is 0.264 e. The number of anilines is 1. The minimum atomic E-state index is -3.96. The third-order valence-electron chi connectivity index (χ3n) is 4.32. The van der Waals surface area contributed by atoms with Crippen molar-refractivity contribution < 1.29 is 16.8 Å². The molecule has 9 heteroatoms. The molecule has 0 radical (unpaired) electrons. The Kier molecular flexibility index (Phi) is 6.21. The van der Waals surface area contributed by atoms with Crippen LogP contribution < -0.4 is 9.44 Å². The lowest BCUT2D eigenvalue weighted by Gasteiger charge is -2.12. The zero-order valence-electron chi connectivity index (χ0n) is 16.2. The van der Waals surface area contributed by atoms with Crippen molar-refractivity contribution in [2.24, 2.45) is 0 Å². The van der Waals surface area contributed by atoms with Crippen LogP contribution in [0.15, 0.2) is 64.5 Å². The molecule has 0 aliphatic carbocycles. The summed E-state index contributed by atoms with van der Waals surface area (Å²) in [5.74, 6) is 0. The van der Waals surface area contributed by atoms with Crippen molar-refractivity contribution in [3.63, 3.8) is 0 Å². The van der Waals surface area contributed by atoms with E-state index in [1.807, 2.05) is 19.9 Å². The number of benzene rings is 2. The molecule has 0 aliphatic rings. The Labute approximate surface area is 171 Å². The summed E-state index contributed by atoms with van der Waals surface area (Å²) >= 11 is 0. The average molecular weight is 434 g/mol. The number of fused-ring (bicyclic) bond motifs is 1. The van der Waals surface area contributed by atoms with Crippen molar-refractivity contribution in [3.8, 4) is 0 Å². The van der Waals surface area contributed by atoms with Gasteiger partial charge in [0.15, 0.2) is 0 Å². The molecule has 7 nitrogen and oxygen atoms in total. The van der Waals surface area contributed by atoms with Gasteiger partial charge >= 0.3 is 0 Å². The van der Waals surface area contributed by atoms with E-state index in [-0.39, 0.29) is 15.5 Å². The SMILES string of the molecule is CCCCNS(=O)(=O)c1cccc(NS(=O)(=O)c2cccc3cc(C)cnc23)c1. The largest absolute Gasteiger partial charge is 0.280 e. The van der Waals surface area contributed by atoms with Gasteiger partial charge in [0.25, 0.3) is 10.0 Å². The van der Waals surface area contributed by atoms with Crippen LogP contribution in [0.5, 0.6) is 0 Å². The zero-order valence-corrected chi connectivity index (χ0v) is 17.8. The highest BCUT2D eigenvalue weighted by molar-refractivity contribution is 7.93. The second-order valence-electron chi connectivity index (χ2n) is 6.73. The van der Waals surface area contributed by atoms with Gasteiger partial charge in [0.1, 0.15) is 4.90 Å². The highest BCUT2D eigenvalue weighted by Crippen LogP contribution is 2.25. The number of unbranched alkanes of at least 4 members (excludes halogenated alkanes) is 1. The summed E-state index contributed by atoms with van der Waals surface area (Å²) in [6.45, 7) is 4.18. The normalized spacial score (nSPS) is 12.2. The summed E-state index contributed by atoms with van der Waals surface area (Å²) in [7, 11) is -7.68. The number of sulfonamides is 2. The summed E-state index contributed by atoms with van der Waals surface area (Å²) < 4.78 is 55.7. The molecule has 0 fully saturated rings. The van der Waals surface area contributed by atoms with Crippen molar-refractivity contribution in [3.05, 3.63) is 60.3 Å². The van der Waals surface area contributed by atoms with Crippen LogP contribution in [0.4, 0.5) is 5.69 Å². The van der Waals surface area contributed by atoms with Gasteiger partial charge in [0, 0.05) is 18.1 Å². The van der Waals surface area contributed by atoms with E-state index in [4.69, 9.17) is 0 Å². The Morgan fingerprint density at radius 2 is 1.72 bits per heavy atom. The number of aryl methyl sites for hydroxylation is 1. The van der Waals surface area contributed by atoms with Gasteiger partial charge in [-0.2, -0.15) is 0 Å². The molecule has 154 valence electrons. The fourth-order valence-electron chi connectivity index (χ4n) is 2.86. The fourth-order valence-corrected chi connectivity index (χ4v) is 5.21. The van der Waals surface area contributed by atoms with E-state index in [0.717, 1.165) is 18.4 Å². The number of aromatic nitrogens is 1. The van der Waals surface area contributed by atoms with E-state index >= 15 is 0 Å². The summed E-state index contributed by atoms with van der Waals surface area (Å²) in [5.41, 5.74) is 1.44. The highest BCUT2D eigenvalue weighted by atomic mass is 32.2. The Hall–Kier alpha value is -2.49. The molecule has 0 bridgehead atoms. The van der Waals surface area contributed by atoms with Crippen LogP contribution >= 0.6 is 0 Å². The molecule has 29 heavy (non-hydrogen) atoms. The first kappa shape index (κ1) is 21.2. The highest BCUT2D eigenvalue weighted by Gasteiger charge is 2.20. The molecule has 3 aromatic rings. The summed E-state index contributed by atoms with van der Waals surface area (Å²) in [6, 6.07) is 12.5. The number of rotatable bonds is 8. The Bertz CT molecular complexity index is 1240. The van der Waals surface area contributed by atoms with Crippen LogP contribution in [-0.2, 0) is 20.0 Å². The third kappa shape index (κ3) is 4.92. The van der Waals surface area contributed by atoms with Crippen molar-refractivity contribution in [1.29, 1.82) is 0 Å². The Balaban J connectivity index is 1.92. The van der Waals surface area contributed by atoms with Crippen molar-refractivity contribution >= 4 is 36.6 Å². The number of para-hydroxylation sites is 1. The third-order valence-corrected chi connectivity index (χ3v) is 7.19. The number of hydrogen-bond acceptors (Lipinski definition) is 5. The quantitative estimate of drug-likeness (QED) is 0.530. The lowest BCUT2D eigenvalue weighted by Crippen LogP contribution is -2.24. The maximum absolute atomic E-state index is 13.0. The molecule has 2 N–H and O–H groups in total. The molecule has 1 heterocycles. The number of nitrogens with one attached hydrogen (secondary N) is 2. The van der Waals surface area contributed by atoms with Gasteiger partial charge in [0.2, 0.25) is 10.0 Å². The minimum Gasteiger partial charge on any atom is -0.280 e. The molecule has 3 rings (SSSR count). The first-order valence-corrected chi connectivity index (χ1v) is 12.2. The van der Waals surface area contributed by atoms with Crippen molar-refractivity contribution in [1.82, 2.24) is 9.71 Å². The lowest BCUT2D eigenvalue weighted by atomic mass is 10.2. The second-order valence-corrected chi connectivity index (χ2v) is 10.1. The Morgan fingerprint density at radius 1 is 0.966 bits per heavy atom. The molecule has 0 unspecified atom stereocenters. The number of hydrogen-bond donors (Lipinski definition) is 2. The van der Waals surface area contributed by atoms with Crippen molar-refractivity contribution in [2.75, 3.05) is 11.3 Å². The van der Waals surface area contributed by atoms with Gasteiger partial charge in [-0.15, -0.1) is 0 Å². The van der Waals surface area contributed by atoms with Gasteiger partial charge in [-0.3, -0.25) is 9.71 Å². The van der Waals surface area contributed by atoms with Crippen LogP contribution in [0.1, 0.15) is 25.3 Å². The molecule has 0 spiro atoms. The van der Waals surface area contributed by atoms with E-state index in [9.17, 15) is 16.8 Å². The summed E-state index contributed by atoms with van der Waals surface area (Å²) in [5, 5.41) is 0.712. The van der Waals surface area contributed by atoms with Gasteiger partial charge in [0.05, 0.1) is 16.1 Å². The minimum absolute atomic E-state index is 0.000438. The molecule has 0 saturated carbocycles. The molecule has 1 aromatic heterocycles. The maximum Gasteiger partial charge on any atom is 0.264 e. The zero-order chi connectivity index (χ0) is 21.1. The summed E-state index contributed by atoms with van der Waals surface area (Å²) in [4.78, 5) is 4.29. The molecule has 2 aromatic carbocycles. The van der Waals surface area contributed by atoms with Gasteiger partial charge in [-0.1, -0.05) is 31.5 Å². The first-order valence-electron chi connectivity index (χ1n) is 9.21. The van der Waals surface area contributed by atoms with Crippen LogP contribution in [-0.4, -0.2) is 28.4 Å². The first-order chi connectivity index (χ1) is 13.7. The van der Waals surface area contributed by atoms with Gasteiger partial charge in [-0.25, -0.2) is 21.6 Å². The number of nitrogens with zero attached hydrogens (tertiary/aromatic N) is 1. The van der Waals surface area contributed by atoms with Crippen molar-refractivity contribution in [2.45, 2.75) is 36.5 Å². The van der Waals surface area contributed by atoms with Crippen LogP contribution in [0.3, 0.4) is 0 Å². The molecule has 0 amide bonds. The lowest BCUT2D eigenvalue weighted by molar-refractivity contribution is 0.578. The Morgan fingerprint density at radius 3 is 2.48 bits per heavy atom. The topological polar surface area (TPSA) is 105 Å². The molecule has 0 saturated heterocycles. The second kappa shape index (κ2) is 8.48. The molecule has 0 aliphatic heterocycles. The van der Waals surface area contributed by atoms with Crippen LogP contribution in [0, 0.1) is 6.92 Å². The summed E-state index contributed by atoms with van der Waals surface area (Å²) in [6.07, 6.45) is 3.19. The van der Waals surface area contributed by atoms with E-state index < -0.39 is 20.0 Å². The maximum atomic E-state index is 13.0. The number of pyridine rings is 1. The molecule has 0 atom stereocenters. The van der Waals surface area contributed by atoms with Gasteiger partial charge < -0.3 is 0 Å². The fraction of sp³-hybridized carbons (Fsp3) is 0.250. The van der Waals surface area contributed by atoms with Crippen LogP contribution in [0.2, 0.25) is 0 Å².